The topological polar surface area (TPSA) is 82.2 Å². The van der Waals surface area contributed by atoms with E-state index in [1.54, 1.807) is 0 Å². The predicted molar refractivity (Wildman–Crippen MR) is 128 cm³/mol. The Hall–Kier alpha value is -2.81. The molecule has 34 heavy (non-hydrogen) atoms. The third-order valence-electron chi connectivity index (χ3n) is 6.07. The summed E-state index contributed by atoms with van der Waals surface area (Å²) in [4.78, 5) is 46.1. The van der Waals surface area contributed by atoms with Gasteiger partial charge in [-0.15, -0.1) is 0 Å². The summed E-state index contributed by atoms with van der Waals surface area (Å²) in [6, 6.07) is 13.9. The van der Waals surface area contributed by atoms with Crippen molar-refractivity contribution >= 4 is 41.2 Å². The first-order chi connectivity index (χ1) is 16.2. The number of piperazine rings is 1. The molecule has 2 aliphatic heterocycles. The highest BCUT2D eigenvalue weighted by Crippen LogP contribution is 2.31. The number of nitrogens with zero attached hydrogens (tertiary/aromatic N) is 3. The van der Waals surface area contributed by atoms with Crippen molar-refractivity contribution in [2.45, 2.75) is 25.9 Å². The van der Waals surface area contributed by atoms with Crippen molar-refractivity contribution < 1.29 is 19.2 Å². The van der Waals surface area contributed by atoms with Crippen LogP contribution in [0.25, 0.3) is 0 Å². The van der Waals surface area contributed by atoms with Crippen LogP contribution in [-0.2, 0) is 9.63 Å². The normalized spacial score (nSPS) is 19.2. The smallest absolute Gasteiger partial charge is 0.323 e. The van der Waals surface area contributed by atoms with Gasteiger partial charge in [0.2, 0.25) is 0 Å². The SMILES string of the molecule is CC(C)C1NC(=O)N(OC(=O)N2CCN(C(c3ccc(Cl)cc3)c3ccc(Cl)cc3)CC2)C1=O. The number of carbonyl (C=O) groups excluding carboxylic acids is 3. The molecule has 0 radical (unpaired) electrons. The Bertz CT molecular complexity index is 1010. The van der Waals surface area contributed by atoms with Crippen molar-refractivity contribution in [2.24, 2.45) is 5.92 Å². The van der Waals surface area contributed by atoms with E-state index in [9.17, 15) is 14.4 Å². The van der Waals surface area contributed by atoms with E-state index < -0.39 is 24.1 Å². The number of benzene rings is 2. The van der Waals surface area contributed by atoms with E-state index in [-0.39, 0.29) is 12.0 Å². The fraction of sp³-hybridized carbons (Fsp3) is 0.375. The van der Waals surface area contributed by atoms with Crippen LogP contribution in [0.1, 0.15) is 31.0 Å². The van der Waals surface area contributed by atoms with E-state index >= 15 is 0 Å². The molecule has 2 aromatic carbocycles. The minimum absolute atomic E-state index is 0.0505. The molecular formula is C24H26Cl2N4O4. The highest BCUT2D eigenvalue weighted by atomic mass is 35.5. The first-order valence-corrected chi connectivity index (χ1v) is 11.9. The van der Waals surface area contributed by atoms with Gasteiger partial charge >= 0.3 is 12.1 Å². The molecule has 2 heterocycles. The van der Waals surface area contributed by atoms with Gasteiger partial charge in [0.25, 0.3) is 5.91 Å². The van der Waals surface area contributed by atoms with E-state index in [1.165, 1.54) is 4.90 Å². The van der Waals surface area contributed by atoms with E-state index in [0.717, 1.165) is 11.1 Å². The Morgan fingerprint density at radius 3 is 1.85 bits per heavy atom. The van der Waals surface area contributed by atoms with Crippen molar-refractivity contribution in [1.29, 1.82) is 0 Å². The van der Waals surface area contributed by atoms with Gasteiger partial charge < -0.3 is 15.1 Å². The minimum Gasteiger partial charge on any atom is -0.323 e. The Morgan fingerprint density at radius 1 is 0.912 bits per heavy atom. The fourth-order valence-corrected chi connectivity index (χ4v) is 4.47. The number of rotatable bonds is 5. The van der Waals surface area contributed by atoms with Gasteiger partial charge in [-0.2, -0.15) is 0 Å². The predicted octanol–water partition coefficient (Wildman–Crippen LogP) is 4.33. The molecular weight excluding hydrogens is 479 g/mol. The Balaban J connectivity index is 1.44. The first kappa shape index (κ1) is 24.3. The monoisotopic (exact) mass is 504 g/mol. The third-order valence-corrected chi connectivity index (χ3v) is 6.58. The van der Waals surface area contributed by atoms with E-state index in [1.807, 2.05) is 62.4 Å². The van der Waals surface area contributed by atoms with Crippen LogP contribution in [0.4, 0.5) is 9.59 Å². The zero-order chi connectivity index (χ0) is 24.4. The van der Waals surface area contributed by atoms with Crippen molar-refractivity contribution in [3.8, 4) is 0 Å². The molecule has 1 unspecified atom stereocenters. The van der Waals surface area contributed by atoms with Crippen molar-refractivity contribution in [2.75, 3.05) is 26.2 Å². The summed E-state index contributed by atoms with van der Waals surface area (Å²) in [5, 5.41) is 4.39. The van der Waals surface area contributed by atoms with E-state index in [4.69, 9.17) is 28.0 Å². The van der Waals surface area contributed by atoms with Gasteiger partial charge in [-0.3, -0.25) is 9.69 Å². The Kier molecular flexibility index (Phi) is 7.30. The molecule has 2 saturated heterocycles. The summed E-state index contributed by atoms with van der Waals surface area (Å²) in [6.45, 7) is 5.53. The molecule has 0 saturated carbocycles. The van der Waals surface area contributed by atoms with Crippen LogP contribution in [0.2, 0.25) is 10.0 Å². The molecule has 0 aliphatic carbocycles. The molecule has 0 spiro atoms. The van der Waals surface area contributed by atoms with E-state index in [2.05, 4.69) is 10.2 Å². The lowest BCUT2D eigenvalue weighted by molar-refractivity contribution is -0.152. The van der Waals surface area contributed by atoms with Crippen LogP contribution in [0, 0.1) is 5.92 Å². The van der Waals surface area contributed by atoms with Crippen LogP contribution in [-0.4, -0.2) is 65.1 Å². The standard InChI is InChI=1S/C24H26Cl2N4O4/c1-15(2)20-22(31)30(23(32)27-20)34-24(33)29-13-11-28(12-14-29)21(16-3-7-18(25)8-4-16)17-5-9-19(26)10-6-17/h3-10,15,20-21H,11-14H2,1-2H3,(H,27,32). The van der Waals surface area contributed by atoms with Crippen LogP contribution in [0.15, 0.2) is 48.5 Å². The molecule has 2 aromatic rings. The van der Waals surface area contributed by atoms with Gasteiger partial charge in [-0.25, -0.2) is 9.59 Å². The zero-order valence-electron chi connectivity index (χ0n) is 18.9. The highest BCUT2D eigenvalue weighted by Gasteiger charge is 2.43. The maximum absolute atomic E-state index is 12.7. The molecule has 180 valence electrons. The molecule has 10 heteroatoms. The minimum atomic E-state index is -0.721. The quantitative estimate of drug-likeness (QED) is 0.612. The fourth-order valence-electron chi connectivity index (χ4n) is 4.22. The number of carbonyl (C=O) groups is 3. The summed E-state index contributed by atoms with van der Waals surface area (Å²) >= 11 is 12.2. The van der Waals surface area contributed by atoms with Crippen LogP contribution >= 0.6 is 23.2 Å². The summed E-state index contributed by atoms with van der Waals surface area (Å²) in [6.07, 6.45) is -0.720. The molecule has 0 aromatic heterocycles. The van der Waals surface area contributed by atoms with Gasteiger partial charge in [-0.1, -0.05) is 66.4 Å². The molecule has 4 rings (SSSR count). The number of halogens is 2. The Labute approximate surface area is 208 Å². The van der Waals surface area contributed by atoms with Crippen LogP contribution in [0.5, 0.6) is 0 Å². The lowest BCUT2D eigenvalue weighted by Crippen LogP contribution is -2.51. The number of urea groups is 1. The van der Waals surface area contributed by atoms with Gasteiger partial charge in [0.1, 0.15) is 6.04 Å². The molecule has 0 bridgehead atoms. The van der Waals surface area contributed by atoms with Gasteiger partial charge in [0.05, 0.1) is 6.04 Å². The van der Waals surface area contributed by atoms with Gasteiger partial charge in [-0.05, 0) is 41.3 Å². The zero-order valence-corrected chi connectivity index (χ0v) is 20.4. The Morgan fingerprint density at radius 2 is 1.41 bits per heavy atom. The highest BCUT2D eigenvalue weighted by molar-refractivity contribution is 6.30. The van der Waals surface area contributed by atoms with Gasteiger partial charge in [0, 0.05) is 36.2 Å². The maximum Gasteiger partial charge on any atom is 0.434 e. The lowest BCUT2D eigenvalue weighted by Gasteiger charge is -2.39. The third kappa shape index (κ3) is 5.14. The number of hydrogen-bond donors (Lipinski definition) is 1. The number of imide groups is 1. The van der Waals surface area contributed by atoms with Crippen molar-refractivity contribution in [1.82, 2.24) is 20.2 Å². The molecule has 1 atom stereocenters. The summed E-state index contributed by atoms with van der Waals surface area (Å²) < 4.78 is 0. The van der Waals surface area contributed by atoms with E-state index in [0.29, 0.717) is 41.3 Å². The summed E-state index contributed by atoms with van der Waals surface area (Å²) in [5.41, 5.74) is 2.14. The second kappa shape index (κ2) is 10.2. The number of hydrogen-bond acceptors (Lipinski definition) is 5. The van der Waals surface area contributed by atoms with Crippen LogP contribution < -0.4 is 5.32 Å². The first-order valence-electron chi connectivity index (χ1n) is 11.1. The lowest BCUT2D eigenvalue weighted by atomic mass is 9.96. The van der Waals surface area contributed by atoms with Crippen molar-refractivity contribution in [3.05, 3.63) is 69.7 Å². The van der Waals surface area contributed by atoms with Gasteiger partial charge in [0.15, 0.2) is 0 Å². The number of hydroxylamine groups is 2. The second-order valence-electron chi connectivity index (χ2n) is 8.69. The second-order valence-corrected chi connectivity index (χ2v) is 9.56. The summed E-state index contributed by atoms with van der Waals surface area (Å²) in [5.74, 6) is -0.668. The van der Waals surface area contributed by atoms with Crippen LogP contribution in [0.3, 0.4) is 0 Å². The molecule has 1 N–H and O–H groups in total. The summed E-state index contributed by atoms with van der Waals surface area (Å²) in [7, 11) is 0. The average Bonchev–Trinajstić information content (AvgIpc) is 3.10. The number of amides is 4. The molecule has 8 nitrogen and oxygen atoms in total. The average molecular weight is 505 g/mol. The molecule has 4 amide bonds. The molecule has 2 fully saturated rings. The largest absolute Gasteiger partial charge is 0.434 e. The molecule has 2 aliphatic rings. The maximum atomic E-state index is 12.7. The van der Waals surface area contributed by atoms with Crippen molar-refractivity contribution in [3.63, 3.8) is 0 Å². The number of nitrogens with one attached hydrogen (secondary N) is 1.